The summed E-state index contributed by atoms with van der Waals surface area (Å²) in [6, 6.07) is 8.21. The second-order valence-electron chi connectivity index (χ2n) is 4.97. The highest BCUT2D eigenvalue weighted by Gasteiger charge is 2.15. The Morgan fingerprint density at radius 2 is 1.94 bits per heavy atom. The number of para-hydroxylation sites is 1. The zero-order chi connectivity index (χ0) is 11.4. The van der Waals surface area contributed by atoms with Gasteiger partial charge >= 0.3 is 0 Å². The van der Waals surface area contributed by atoms with Gasteiger partial charge < -0.3 is 10.6 Å². The molecule has 1 aromatic carbocycles. The fourth-order valence-electron chi connectivity index (χ4n) is 2.33. The molecule has 0 bridgehead atoms. The molecule has 0 unspecified atom stereocenters. The summed E-state index contributed by atoms with van der Waals surface area (Å²) in [5, 5.41) is 0. The summed E-state index contributed by atoms with van der Waals surface area (Å²) in [5.74, 6) is 0.915. The fraction of sp³-hybridized carbons (Fsp3) is 0.571. The number of nitrogen functional groups attached to an aromatic ring is 1. The van der Waals surface area contributed by atoms with Gasteiger partial charge in [0.25, 0.3) is 0 Å². The third kappa shape index (κ3) is 2.99. The lowest BCUT2D eigenvalue weighted by molar-refractivity contribution is 0.194. The molecule has 16 heavy (non-hydrogen) atoms. The number of piperidine rings is 1. The smallest absolute Gasteiger partial charge is 0.0347 e. The van der Waals surface area contributed by atoms with E-state index in [-0.39, 0.29) is 0 Å². The van der Waals surface area contributed by atoms with Crippen molar-refractivity contribution in [3.8, 4) is 0 Å². The van der Waals surface area contributed by atoms with Crippen molar-refractivity contribution in [1.82, 2.24) is 4.90 Å². The number of rotatable bonds is 3. The first-order valence-electron chi connectivity index (χ1n) is 6.31. The number of nitrogens with zero attached hydrogens (tertiary/aromatic N) is 1. The Morgan fingerprint density at radius 3 is 2.62 bits per heavy atom. The lowest BCUT2D eigenvalue weighted by Gasteiger charge is -2.30. The highest BCUT2D eigenvalue weighted by molar-refractivity contribution is 5.46. The number of hydrogen-bond donors (Lipinski definition) is 1. The Balaban J connectivity index is 1.81. The molecule has 2 heteroatoms. The summed E-state index contributed by atoms with van der Waals surface area (Å²) in [6.45, 7) is 6.02. The summed E-state index contributed by atoms with van der Waals surface area (Å²) >= 11 is 0. The largest absolute Gasteiger partial charge is 0.399 e. The van der Waals surface area contributed by atoms with Crippen molar-refractivity contribution in [2.75, 3.05) is 25.4 Å². The number of benzene rings is 1. The molecule has 1 fully saturated rings. The van der Waals surface area contributed by atoms with Crippen molar-refractivity contribution in [1.29, 1.82) is 0 Å². The van der Waals surface area contributed by atoms with Gasteiger partial charge in [0.15, 0.2) is 0 Å². The van der Waals surface area contributed by atoms with E-state index in [0.29, 0.717) is 0 Å². The van der Waals surface area contributed by atoms with Gasteiger partial charge in [-0.2, -0.15) is 0 Å². The molecule has 1 aliphatic heterocycles. The minimum atomic E-state index is 0.915. The van der Waals surface area contributed by atoms with Gasteiger partial charge in [-0.15, -0.1) is 0 Å². The van der Waals surface area contributed by atoms with Gasteiger partial charge in [0.1, 0.15) is 0 Å². The van der Waals surface area contributed by atoms with E-state index in [9.17, 15) is 0 Å². The maximum atomic E-state index is 5.94. The predicted octanol–water partition coefficient (Wildman–Crippen LogP) is 2.54. The minimum absolute atomic E-state index is 0.915. The van der Waals surface area contributed by atoms with Crippen LogP contribution in [0, 0.1) is 5.92 Å². The standard InChI is InChI=1S/C14H22N2/c1-12-6-9-16(10-7-12)11-8-13-4-2-3-5-14(13)15/h2-5,12H,6-11,15H2,1H3. The third-order valence-corrected chi connectivity index (χ3v) is 3.63. The van der Waals surface area contributed by atoms with Crippen molar-refractivity contribution in [2.45, 2.75) is 26.2 Å². The molecular formula is C14H22N2. The molecule has 2 rings (SSSR count). The third-order valence-electron chi connectivity index (χ3n) is 3.63. The average Bonchev–Trinajstić information content (AvgIpc) is 2.30. The first-order chi connectivity index (χ1) is 7.75. The van der Waals surface area contributed by atoms with Crippen molar-refractivity contribution in [3.63, 3.8) is 0 Å². The van der Waals surface area contributed by atoms with E-state index in [1.807, 2.05) is 12.1 Å². The Morgan fingerprint density at radius 1 is 1.25 bits per heavy atom. The van der Waals surface area contributed by atoms with Crippen molar-refractivity contribution in [3.05, 3.63) is 29.8 Å². The molecule has 0 spiro atoms. The molecule has 0 atom stereocenters. The molecule has 1 aromatic rings. The zero-order valence-electron chi connectivity index (χ0n) is 10.2. The number of anilines is 1. The lowest BCUT2D eigenvalue weighted by atomic mass is 9.99. The molecular weight excluding hydrogens is 196 g/mol. The Kier molecular flexibility index (Phi) is 3.83. The highest BCUT2D eigenvalue weighted by atomic mass is 15.1. The van der Waals surface area contributed by atoms with Crippen molar-refractivity contribution in [2.24, 2.45) is 5.92 Å². The summed E-state index contributed by atoms with van der Waals surface area (Å²) in [7, 11) is 0. The van der Waals surface area contributed by atoms with Crippen LogP contribution in [0.15, 0.2) is 24.3 Å². The minimum Gasteiger partial charge on any atom is -0.399 e. The molecule has 1 saturated heterocycles. The quantitative estimate of drug-likeness (QED) is 0.790. The van der Waals surface area contributed by atoms with Crippen molar-refractivity contribution < 1.29 is 0 Å². The van der Waals surface area contributed by atoms with Crippen LogP contribution in [0.25, 0.3) is 0 Å². The predicted molar refractivity (Wildman–Crippen MR) is 69.4 cm³/mol. The summed E-state index contributed by atoms with van der Waals surface area (Å²) in [4.78, 5) is 2.56. The Hall–Kier alpha value is -1.02. The number of nitrogens with two attached hydrogens (primary N) is 1. The van der Waals surface area contributed by atoms with Gasteiger partial charge in [-0.05, 0) is 49.9 Å². The normalized spacial score (nSPS) is 18.8. The molecule has 0 aliphatic carbocycles. The van der Waals surface area contributed by atoms with Crippen LogP contribution in [-0.4, -0.2) is 24.5 Å². The van der Waals surface area contributed by atoms with Crippen LogP contribution in [0.2, 0.25) is 0 Å². The van der Waals surface area contributed by atoms with Crippen LogP contribution in [0.5, 0.6) is 0 Å². The van der Waals surface area contributed by atoms with Crippen LogP contribution in [0.1, 0.15) is 25.3 Å². The maximum Gasteiger partial charge on any atom is 0.0347 e. The molecule has 0 radical (unpaired) electrons. The second-order valence-corrected chi connectivity index (χ2v) is 4.97. The second kappa shape index (κ2) is 5.35. The monoisotopic (exact) mass is 218 g/mol. The topological polar surface area (TPSA) is 29.3 Å². The van der Waals surface area contributed by atoms with Gasteiger partial charge in [0.05, 0.1) is 0 Å². The van der Waals surface area contributed by atoms with E-state index in [1.54, 1.807) is 0 Å². The highest BCUT2D eigenvalue weighted by Crippen LogP contribution is 2.17. The van der Waals surface area contributed by atoms with E-state index in [2.05, 4.69) is 24.0 Å². The first-order valence-corrected chi connectivity index (χ1v) is 6.31. The summed E-state index contributed by atoms with van der Waals surface area (Å²) in [6.07, 6.45) is 3.79. The molecule has 2 N–H and O–H groups in total. The molecule has 0 aromatic heterocycles. The molecule has 88 valence electrons. The van der Waals surface area contributed by atoms with E-state index < -0.39 is 0 Å². The van der Waals surface area contributed by atoms with Crippen LogP contribution in [-0.2, 0) is 6.42 Å². The van der Waals surface area contributed by atoms with Crippen LogP contribution >= 0.6 is 0 Å². The van der Waals surface area contributed by atoms with Crippen LogP contribution in [0.3, 0.4) is 0 Å². The molecule has 1 heterocycles. The van der Waals surface area contributed by atoms with Crippen molar-refractivity contribution >= 4 is 5.69 Å². The summed E-state index contributed by atoms with van der Waals surface area (Å²) in [5.41, 5.74) is 8.17. The van der Waals surface area contributed by atoms with Crippen LogP contribution < -0.4 is 5.73 Å². The lowest BCUT2D eigenvalue weighted by Crippen LogP contribution is -2.34. The SMILES string of the molecule is CC1CCN(CCc2ccccc2N)CC1. The van der Waals surface area contributed by atoms with Gasteiger partial charge in [0, 0.05) is 12.2 Å². The molecule has 0 saturated carbocycles. The maximum absolute atomic E-state index is 5.94. The molecule has 2 nitrogen and oxygen atoms in total. The van der Waals surface area contributed by atoms with Gasteiger partial charge in [0.2, 0.25) is 0 Å². The zero-order valence-corrected chi connectivity index (χ0v) is 10.2. The fourth-order valence-corrected chi connectivity index (χ4v) is 2.33. The average molecular weight is 218 g/mol. The van der Waals surface area contributed by atoms with E-state index in [0.717, 1.165) is 24.6 Å². The Bertz CT molecular complexity index is 327. The first kappa shape index (κ1) is 11.5. The van der Waals surface area contributed by atoms with Gasteiger partial charge in [-0.25, -0.2) is 0 Å². The molecule has 0 amide bonds. The summed E-state index contributed by atoms with van der Waals surface area (Å²) < 4.78 is 0. The van der Waals surface area contributed by atoms with Crippen LogP contribution in [0.4, 0.5) is 5.69 Å². The van der Waals surface area contributed by atoms with E-state index >= 15 is 0 Å². The Labute approximate surface area is 98.4 Å². The number of likely N-dealkylation sites (tertiary alicyclic amines) is 1. The van der Waals surface area contributed by atoms with Gasteiger partial charge in [-0.3, -0.25) is 0 Å². The number of hydrogen-bond acceptors (Lipinski definition) is 2. The van der Waals surface area contributed by atoms with E-state index in [1.165, 1.54) is 31.5 Å². The van der Waals surface area contributed by atoms with E-state index in [4.69, 9.17) is 5.73 Å². The van der Waals surface area contributed by atoms with Gasteiger partial charge in [-0.1, -0.05) is 25.1 Å². The molecule has 1 aliphatic rings.